The van der Waals surface area contributed by atoms with Crippen LogP contribution in [0.3, 0.4) is 0 Å². The fraction of sp³-hybridized carbons (Fsp3) is 0.286. The van der Waals surface area contributed by atoms with Gasteiger partial charge in [0.2, 0.25) is 0 Å². The number of aromatic nitrogens is 2. The van der Waals surface area contributed by atoms with E-state index >= 15 is 0 Å². The zero-order valence-corrected chi connectivity index (χ0v) is 10.1. The summed E-state index contributed by atoms with van der Waals surface area (Å²) in [5.41, 5.74) is 3.30. The van der Waals surface area contributed by atoms with Crippen molar-refractivity contribution >= 4 is 0 Å². The van der Waals surface area contributed by atoms with Gasteiger partial charge in [0.05, 0.1) is 11.4 Å². The predicted molar refractivity (Wildman–Crippen MR) is 68.6 cm³/mol. The van der Waals surface area contributed by atoms with E-state index in [-0.39, 0.29) is 0 Å². The second-order valence-corrected chi connectivity index (χ2v) is 4.06. The lowest BCUT2D eigenvalue weighted by Crippen LogP contribution is -2.17. The van der Waals surface area contributed by atoms with Gasteiger partial charge in [-0.15, -0.1) is 0 Å². The van der Waals surface area contributed by atoms with Crippen LogP contribution in [0, 0.1) is 6.92 Å². The molecule has 3 heteroatoms. The number of benzene rings is 1. The standard InChI is InChI=1S/C14H17N3/c1-12-9-17-14(11-16-12)10-15-8-7-13-5-3-2-4-6-13/h2-6,9,11,15H,7-8,10H2,1H3. The second kappa shape index (κ2) is 6.11. The van der Waals surface area contributed by atoms with Crippen LogP contribution < -0.4 is 5.32 Å². The van der Waals surface area contributed by atoms with E-state index in [9.17, 15) is 0 Å². The SMILES string of the molecule is Cc1cnc(CNCCc2ccccc2)cn1. The molecule has 2 aromatic rings. The Hall–Kier alpha value is -1.74. The van der Waals surface area contributed by atoms with E-state index in [4.69, 9.17) is 0 Å². The average molecular weight is 227 g/mol. The molecule has 0 saturated heterocycles. The molecule has 0 saturated carbocycles. The van der Waals surface area contributed by atoms with E-state index in [2.05, 4.69) is 39.6 Å². The van der Waals surface area contributed by atoms with E-state index < -0.39 is 0 Å². The largest absolute Gasteiger partial charge is 0.311 e. The van der Waals surface area contributed by atoms with Crippen molar-refractivity contribution in [3.05, 3.63) is 59.7 Å². The Morgan fingerprint density at radius 2 is 1.88 bits per heavy atom. The number of hydrogen-bond donors (Lipinski definition) is 1. The quantitative estimate of drug-likeness (QED) is 0.795. The zero-order valence-electron chi connectivity index (χ0n) is 10.1. The summed E-state index contributed by atoms with van der Waals surface area (Å²) >= 11 is 0. The average Bonchev–Trinajstić information content (AvgIpc) is 2.38. The second-order valence-electron chi connectivity index (χ2n) is 4.06. The first-order valence-corrected chi connectivity index (χ1v) is 5.87. The molecule has 0 aliphatic carbocycles. The van der Waals surface area contributed by atoms with Gasteiger partial charge in [-0.25, -0.2) is 0 Å². The molecule has 88 valence electrons. The zero-order chi connectivity index (χ0) is 11.9. The van der Waals surface area contributed by atoms with Gasteiger partial charge in [-0.05, 0) is 25.5 Å². The van der Waals surface area contributed by atoms with Crippen molar-refractivity contribution < 1.29 is 0 Å². The maximum absolute atomic E-state index is 4.30. The van der Waals surface area contributed by atoms with Gasteiger partial charge < -0.3 is 5.32 Å². The highest BCUT2D eigenvalue weighted by Crippen LogP contribution is 1.98. The van der Waals surface area contributed by atoms with Crippen molar-refractivity contribution in [2.45, 2.75) is 19.9 Å². The van der Waals surface area contributed by atoms with Gasteiger partial charge in [-0.2, -0.15) is 0 Å². The summed E-state index contributed by atoms with van der Waals surface area (Å²) < 4.78 is 0. The Morgan fingerprint density at radius 3 is 2.59 bits per heavy atom. The molecule has 3 nitrogen and oxygen atoms in total. The van der Waals surface area contributed by atoms with Gasteiger partial charge in [-0.3, -0.25) is 9.97 Å². The van der Waals surface area contributed by atoms with Crippen molar-refractivity contribution in [3.8, 4) is 0 Å². The molecule has 1 aromatic heterocycles. The van der Waals surface area contributed by atoms with Crippen LogP contribution in [0.2, 0.25) is 0 Å². The molecule has 1 N–H and O–H groups in total. The first kappa shape index (κ1) is 11.7. The van der Waals surface area contributed by atoms with Crippen LogP contribution in [-0.4, -0.2) is 16.5 Å². The summed E-state index contributed by atoms with van der Waals surface area (Å²) in [6.45, 7) is 3.68. The minimum Gasteiger partial charge on any atom is -0.311 e. The third kappa shape index (κ3) is 3.96. The van der Waals surface area contributed by atoms with Crippen molar-refractivity contribution in [3.63, 3.8) is 0 Å². The van der Waals surface area contributed by atoms with Gasteiger partial charge >= 0.3 is 0 Å². The molecule has 0 aliphatic rings. The third-order valence-electron chi connectivity index (χ3n) is 2.57. The van der Waals surface area contributed by atoms with Crippen LogP contribution in [-0.2, 0) is 13.0 Å². The molecule has 0 radical (unpaired) electrons. The predicted octanol–water partition coefficient (Wildman–Crippen LogP) is 2.12. The van der Waals surface area contributed by atoms with Crippen LogP contribution in [0.5, 0.6) is 0 Å². The molecule has 0 spiro atoms. The molecular formula is C14H17N3. The van der Waals surface area contributed by atoms with E-state index in [1.807, 2.05) is 19.2 Å². The van der Waals surface area contributed by atoms with E-state index in [1.54, 1.807) is 6.20 Å². The molecule has 17 heavy (non-hydrogen) atoms. The van der Waals surface area contributed by atoms with Crippen molar-refractivity contribution in [1.29, 1.82) is 0 Å². The Bertz CT molecular complexity index is 437. The lowest BCUT2D eigenvalue weighted by Gasteiger charge is -2.04. The molecule has 2 rings (SSSR count). The fourth-order valence-electron chi connectivity index (χ4n) is 1.60. The van der Waals surface area contributed by atoms with E-state index in [0.717, 1.165) is 30.9 Å². The molecule has 0 fully saturated rings. The third-order valence-corrected chi connectivity index (χ3v) is 2.57. The van der Waals surface area contributed by atoms with Gasteiger partial charge in [0.1, 0.15) is 0 Å². The minimum atomic E-state index is 0.778. The maximum atomic E-state index is 4.30. The summed E-state index contributed by atoms with van der Waals surface area (Å²) in [6, 6.07) is 10.5. The Balaban J connectivity index is 1.71. The van der Waals surface area contributed by atoms with Gasteiger partial charge in [0.15, 0.2) is 0 Å². The Labute approximate surface area is 102 Å². The summed E-state index contributed by atoms with van der Waals surface area (Å²) in [7, 11) is 0. The van der Waals surface area contributed by atoms with Crippen molar-refractivity contribution in [2.75, 3.05) is 6.54 Å². The number of nitrogens with zero attached hydrogens (tertiary/aromatic N) is 2. The van der Waals surface area contributed by atoms with Crippen LogP contribution in [0.1, 0.15) is 17.0 Å². The van der Waals surface area contributed by atoms with Crippen LogP contribution in [0.25, 0.3) is 0 Å². The van der Waals surface area contributed by atoms with Crippen LogP contribution in [0.4, 0.5) is 0 Å². The molecule has 0 amide bonds. The summed E-state index contributed by atoms with van der Waals surface area (Å²) in [6.07, 6.45) is 4.67. The molecule has 1 aromatic carbocycles. The van der Waals surface area contributed by atoms with Gasteiger partial charge in [0, 0.05) is 18.9 Å². The van der Waals surface area contributed by atoms with Gasteiger partial charge in [0.25, 0.3) is 0 Å². The highest BCUT2D eigenvalue weighted by Gasteiger charge is 1.95. The molecule has 1 heterocycles. The summed E-state index contributed by atoms with van der Waals surface area (Å²) in [5, 5.41) is 3.37. The molecule has 0 aliphatic heterocycles. The van der Waals surface area contributed by atoms with Crippen LogP contribution in [0.15, 0.2) is 42.7 Å². The smallest absolute Gasteiger partial charge is 0.0724 e. The number of hydrogen-bond acceptors (Lipinski definition) is 3. The number of aryl methyl sites for hydroxylation is 1. The lowest BCUT2D eigenvalue weighted by atomic mass is 10.1. The summed E-state index contributed by atoms with van der Waals surface area (Å²) in [5.74, 6) is 0. The van der Waals surface area contributed by atoms with E-state index in [1.165, 1.54) is 5.56 Å². The summed E-state index contributed by atoms with van der Waals surface area (Å²) in [4.78, 5) is 8.51. The highest BCUT2D eigenvalue weighted by molar-refractivity contribution is 5.14. The van der Waals surface area contributed by atoms with Crippen molar-refractivity contribution in [2.24, 2.45) is 0 Å². The first-order valence-electron chi connectivity index (χ1n) is 5.87. The Morgan fingerprint density at radius 1 is 1.06 bits per heavy atom. The van der Waals surface area contributed by atoms with E-state index in [0.29, 0.717) is 0 Å². The van der Waals surface area contributed by atoms with Crippen molar-refractivity contribution in [1.82, 2.24) is 15.3 Å². The maximum Gasteiger partial charge on any atom is 0.0724 e. The molecular weight excluding hydrogens is 210 g/mol. The molecule has 0 atom stereocenters. The number of rotatable bonds is 5. The lowest BCUT2D eigenvalue weighted by molar-refractivity contribution is 0.671. The topological polar surface area (TPSA) is 37.8 Å². The highest BCUT2D eigenvalue weighted by atomic mass is 14.9. The Kier molecular flexibility index (Phi) is 4.22. The molecule has 0 bridgehead atoms. The van der Waals surface area contributed by atoms with Gasteiger partial charge in [-0.1, -0.05) is 30.3 Å². The first-order chi connectivity index (χ1) is 8.34. The number of nitrogens with one attached hydrogen (secondary N) is 1. The fourth-order valence-corrected chi connectivity index (χ4v) is 1.60. The minimum absolute atomic E-state index is 0.778. The monoisotopic (exact) mass is 227 g/mol. The normalized spacial score (nSPS) is 10.4. The van der Waals surface area contributed by atoms with Crippen LogP contribution >= 0.6 is 0 Å². The molecule has 0 unspecified atom stereocenters.